The van der Waals surface area contributed by atoms with Gasteiger partial charge in [-0.2, -0.15) is 4.98 Å². The van der Waals surface area contributed by atoms with E-state index >= 15 is 0 Å². The number of carbonyl (C=O) groups is 1. The van der Waals surface area contributed by atoms with Gasteiger partial charge in [-0.05, 0) is 50.4 Å². The lowest BCUT2D eigenvalue weighted by atomic mass is 9.83. The predicted molar refractivity (Wildman–Crippen MR) is 69.2 cm³/mol. The molecule has 3 saturated heterocycles. The number of nitrogens with zero attached hydrogens (tertiary/aromatic N) is 3. The van der Waals surface area contributed by atoms with E-state index in [4.69, 9.17) is 9.26 Å². The van der Waals surface area contributed by atoms with E-state index in [2.05, 4.69) is 15.0 Å². The van der Waals surface area contributed by atoms with Gasteiger partial charge in [0.1, 0.15) is 0 Å². The number of piperidine rings is 3. The van der Waals surface area contributed by atoms with Crippen LogP contribution in [0, 0.1) is 5.92 Å². The van der Waals surface area contributed by atoms with E-state index in [9.17, 15) is 4.79 Å². The molecule has 0 saturated carbocycles. The molecule has 4 heterocycles. The summed E-state index contributed by atoms with van der Waals surface area (Å²) >= 11 is 0. The van der Waals surface area contributed by atoms with Gasteiger partial charge in [0.15, 0.2) is 0 Å². The number of ether oxygens (including phenoxy) is 1. The van der Waals surface area contributed by atoms with Crippen LogP contribution < -0.4 is 0 Å². The Labute approximate surface area is 117 Å². The molecule has 4 rings (SSSR count). The molecular formula is C12H18ClN3O3. The average molecular weight is 288 g/mol. The first-order valence-electron chi connectivity index (χ1n) is 6.52. The Bertz CT molecular complexity index is 443. The fraction of sp³-hybridized carbons (Fsp3) is 0.750. The number of esters is 1. The normalized spacial score (nSPS) is 28.8. The summed E-state index contributed by atoms with van der Waals surface area (Å²) < 4.78 is 10.1. The molecule has 106 valence electrons. The van der Waals surface area contributed by atoms with Crippen LogP contribution in [0.2, 0.25) is 0 Å². The highest BCUT2D eigenvalue weighted by Gasteiger charge is 2.37. The smallest absolute Gasteiger partial charge is 0.379 e. The van der Waals surface area contributed by atoms with Gasteiger partial charge >= 0.3 is 5.97 Å². The molecule has 3 aliphatic rings. The molecule has 1 aromatic rings. The fourth-order valence-electron chi connectivity index (χ4n) is 2.87. The molecule has 6 nitrogen and oxygen atoms in total. The third-order valence-corrected chi connectivity index (χ3v) is 3.83. The molecule has 3 fully saturated rings. The molecule has 7 heteroatoms. The van der Waals surface area contributed by atoms with Crippen molar-refractivity contribution in [1.82, 2.24) is 15.0 Å². The molecule has 1 atom stereocenters. The van der Waals surface area contributed by atoms with Gasteiger partial charge in [-0.3, -0.25) is 4.90 Å². The third-order valence-electron chi connectivity index (χ3n) is 3.83. The molecule has 1 aromatic heterocycles. The van der Waals surface area contributed by atoms with Crippen LogP contribution in [0.5, 0.6) is 0 Å². The summed E-state index contributed by atoms with van der Waals surface area (Å²) in [6, 6.07) is 0.188. The molecule has 0 aliphatic carbocycles. The number of halogens is 1. The lowest BCUT2D eigenvalue weighted by Gasteiger charge is -2.43. The van der Waals surface area contributed by atoms with E-state index in [1.165, 1.54) is 12.8 Å². The highest BCUT2D eigenvalue weighted by atomic mass is 35.5. The second-order valence-corrected chi connectivity index (χ2v) is 4.91. The zero-order chi connectivity index (χ0) is 12.5. The average Bonchev–Trinajstić information content (AvgIpc) is 2.90. The van der Waals surface area contributed by atoms with Gasteiger partial charge in [0.2, 0.25) is 5.89 Å². The Morgan fingerprint density at radius 2 is 2.21 bits per heavy atom. The van der Waals surface area contributed by atoms with Crippen molar-refractivity contribution in [3.05, 3.63) is 11.7 Å². The van der Waals surface area contributed by atoms with Gasteiger partial charge in [-0.1, -0.05) is 0 Å². The standard InChI is InChI=1S/C12H17N3O3.ClH/c1-2-17-12(16)10-13-11(18-14-10)9-7-8-3-5-15(9)6-4-8;/h8-9H,2-7H2,1H3;1H. The SMILES string of the molecule is CCOC(=O)c1noc(C2CC3CCN2CC3)n1.Cl. The molecule has 0 aromatic carbocycles. The molecule has 0 radical (unpaired) electrons. The van der Waals surface area contributed by atoms with E-state index in [1.54, 1.807) is 6.92 Å². The summed E-state index contributed by atoms with van der Waals surface area (Å²) in [6.45, 7) is 4.25. The van der Waals surface area contributed by atoms with Crippen molar-refractivity contribution in [2.45, 2.75) is 32.2 Å². The Balaban J connectivity index is 0.00000133. The van der Waals surface area contributed by atoms with Gasteiger partial charge in [0, 0.05) is 0 Å². The summed E-state index contributed by atoms with van der Waals surface area (Å²) in [6.07, 6.45) is 3.58. The number of hydrogen-bond acceptors (Lipinski definition) is 6. The van der Waals surface area contributed by atoms with Crippen molar-refractivity contribution in [1.29, 1.82) is 0 Å². The molecule has 0 N–H and O–H groups in total. The zero-order valence-electron chi connectivity index (χ0n) is 10.9. The van der Waals surface area contributed by atoms with E-state index in [-0.39, 0.29) is 24.3 Å². The van der Waals surface area contributed by atoms with Crippen molar-refractivity contribution in [3.63, 3.8) is 0 Å². The molecule has 2 bridgehead atoms. The fourth-order valence-corrected chi connectivity index (χ4v) is 2.87. The summed E-state index contributed by atoms with van der Waals surface area (Å²) in [4.78, 5) is 18.0. The molecule has 0 spiro atoms. The van der Waals surface area contributed by atoms with Crippen molar-refractivity contribution < 1.29 is 14.1 Å². The van der Waals surface area contributed by atoms with E-state index in [0.717, 1.165) is 25.4 Å². The maximum absolute atomic E-state index is 11.5. The van der Waals surface area contributed by atoms with E-state index in [0.29, 0.717) is 12.5 Å². The minimum absolute atomic E-state index is 0. The third kappa shape index (κ3) is 2.74. The van der Waals surface area contributed by atoms with Gasteiger partial charge in [-0.25, -0.2) is 4.79 Å². The minimum atomic E-state index is -0.511. The van der Waals surface area contributed by atoms with Crippen LogP contribution in [0.4, 0.5) is 0 Å². The summed E-state index contributed by atoms with van der Waals surface area (Å²) in [5.41, 5.74) is 0. The van der Waals surface area contributed by atoms with Gasteiger partial charge in [0.05, 0.1) is 12.6 Å². The quantitative estimate of drug-likeness (QED) is 0.790. The maximum atomic E-state index is 11.5. The van der Waals surface area contributed by atoms with E-state index in [1.807, 2.05) is 0 Å². The maximum Gasteiger partial charge on any atom is 0.379 e. The topological polar surface area (TPSA) is 68.5 Å². The predicted octanol–water partition coefficient (Wildman–Crippen LogP) is 1.82. The Kier molecular flexibility index (Phi) is 4.42. The van der Waals surface area contributed by atoms with Gasteiger partial charge in [0.25, 0.3) is 5.82 Å². The van der Waals surface area contributed by atoms with Crippen LogP contribution in [0.25, 0.3) is 0 Å². The Morgan fingerprint density at radius 3 is 2.79 bits per heavy atom. The van der Waals surface area contributed by atoms with Crippen molar-refractivity contribution in [2.75, 3.05) is 19.7 Å². The Morgan fingerprint density at radius 1 is 1.47 bits per heavy atom. The highest BCUT2D eigenvalue weighted by Crippen LogP contribution is 2.39. The second-order valence-electron chi connectivity index (χ2n) is 4.91. The molecular weight excluding hydrogens is 270 g/mol. The molecule has 0 amide bonds. The lowest BCUT2D eigenvalue weighted by molar-refractivity contribution is 0.0317. The molecule has 1 unspecified atom stereocenters. The lowest BCUT2D eigenvalue weighted by Crippen LogP contribution is -2.43. The van der Waals surface area contributed by atoms with Crippen LogP contribution in [0.3, 0.4) is 0 Å². The number of aromatic nitrogens is 2. The first kappa shape index (κ1) is 14.3. The Hall–Kier alpha value is -1.14. The molecule has 19 heavy (non-hydrogen) atoms. The first-order valence-corrected chi connectivity index (χ1v) is 6.52. The van der Waals surface area contributed by atoms with Crippen LogP contribution in [-0.4, -0.2) is 40.7 Å². The number of hydrogen-bond donors (Lipinski definition) is 0. The van der Waals surface area contributed by atoms with Crippen LogP contribution in [0.15, 0.2) is 4.52 Å². The van der Waals surface area contributed by atoms with Crippen LogP contribution in [-0.2, 0) is 4.74 Å². The summed E-state index contributed by atoms with van der Waals surface area (Å²) in [5.74, 6) is 0.846. The first-order chi connectivity index (χ1) is 8.78. The van der Waals surface area contributed by atoms with Gasteiger partial charge < -0.3 is 9.26 Å². The van der Waals surface area contributed by atoms with Crippen LogP contribution >= 0.6 is 12.4 Å². The highest BCUT2D eigenvalue weighted by molar-refractivity contribution is 5.85. The van der Waals surface area contributed by atoms with Crippen LogP contribution in [0.1, 0.15) is 48.7 Å². The summed E-state index contributed by atoms with van der Waals surface area (Å²) in [5, 5.41) is 3.71. The van der Waals surface area contributed by atoms with Crippen molar-refractivity contribution in [2.24, 2.45) is 5.92 Å². The van der Waals surface area contributed by atoms with Gasteiger partial charge in [-0.15, -0.1) is 12.4 Å². The number of rotatable bonds is 3. The van der Waals surface area contributed by atoms with Crippen molar-refractivity contribution >= 4 is 18.4 Å². The van der Waals surface area contributed by atoms with E-state index < -0.39 is 5.97 Å². The minimum Gasteiger partial charge on any atom is -0.460 e. The second kappa shape index (κ2) is 5.88. The molecule has 3 aliphatic heterocycles. The zero-order valence-corrected chi connectivity index (χ0v) is 11.7. The largest absolute Gasteiger partial charge is 0.460 e. The van der Waals surface area contributed by atoms with Crippen molar-refractivity contribution in [3.8, 4) is 0 Å². The number of fused-ring (bicyclic) bond motifs is 3. The monoisotopic (exact) mass is 287 g/mol. The number of carbonyl (C=O) groups excluding carboxylic acids is 1. The summed E-state index contributed by atoms with van der Waals surface area (Å²) in [7, 11) is 0.